The van der Waals surface area contributed by atoms with Crippen LogP contribution in [0.2, 0.25) is 0 Å². The van der Waals surface area contributed by atoms with Gasteiger partial charge in [0.2, 0.25) is 0 Å². The summed E-state index contributed by atoms with van der Waals surface area (Å²) in [7, 11) is 2.00. The van der Waals surface area contributed by atoms with Gasteiger partial charge in [-0.25, -0.2) is 0 Å². The molecule has 1 saturated carbocycles. The molecule has 2 aromatic rings. The Balaban J connectivity index is 1.73. The van der Waals surface area contributed by atoms with Crippen LogP contribution in [0.5, 0.6) is 5.75 Å². The lowest BCUT2D eigenvalue weighted by Crippen LogP contribution is -2.33. The molecule has 0 spiro atoms. The summed E-state index contributed by atoms with van der Waals surface area (Å²) in [5.74, 6) is 0.836. The van der Waals surface area contributed by atoms with E-state index >= 15 is 0 Å². The van der Waals surface area contributed by atoms with Gasteiger partial charge in [0.25, 0.3) is 0 Å². The van der Waals surface area contributed by atoms with Crippen molar-refractivity contribution >= 4 is 0 Å². The van der Waals surface area contributed by atoms with Gasteiger partial charge in [-0.1, -0.05) is 30.3 Å². The van der Waals surface area contributed by atoms with Gasteiger partial charge in [-0.3, -0.25) is 4.98 Å². The summed E-state index contributed by atoms with van der Waals surface area (Å²) in [6.07, 6.45) is 6.02. The van der Waals surface area contributed by atoms with Gasteiger partial charge in [-0.2, -0.15) is 0 Å². The quantitative estimate of drug-likeness (QED) is 0.891. The van der Waals surface area contributed by atoms with E-state index < -0.39 is 0 Å². The van der Waals surface area contributed by atoms with Crippen molar-refractivity contribution < 1.29 is 4.74 Å². The third kappa shape index (κ3) is 2.76. The molecule has 1 fully saturated rings. The smallest absolute Gasteiger partial charge is 0.138 e. The van der Waals surface area contributed by atoms with E-state index in [1.54, 1.807) is 6.20 Å². The molecule has 1 aliphatic carbocycles. The molecular formula is C16H18N2O. The van der Waals surface area contributed by atoms with Crippen molar-refractivity contribution in [3.63, 3.8) is 0 Å². The molecule has 19 heavy (non-hydrogen) atoms. The van der Waals surface area contributed by atoms with E-state index in [2.05, 4.69) is 22.4 Å². The Morgan fingerprint density at radius 3 is 2.63 bits per heavy atom. The van der Waals surface area contributed by atoms with Gasteiger partial charge in [-0.15, -0.1) is 0 Å². The van der Waals surface area contributed by atoms with Gasteiger partial charge < -0.3 is 10.1 Å². The molecule has 0 atom stereocenters. The maximum atomic E-state index is 5.86. The Bertz CT molecular complexity index is 550. The van der Waals surface area contributed by atoms with Crippen LogP contribution in [0.25, 0.3) is 11.1 Å². The lowest BCUT2D eigenvalue weighted by Gasteiger charge is -2.15. The third-order valence-corrected chi connectivity index (χ3v) is 3.72. The van der Waals surface area contributed by atoms with Gasteiger partial charge in [0, 0.05) is 11.8 Å². The number of nitrogens with zero attached hydrogens (tertiary/aromatic N) is 1. The second-order valence-electron chi connectivity index (χ2n) is 5.09. The molecule has 98 valence electrons. The molecule has 3 rings (SSSR count). The first-order chi connectivity index (χ1) is 9.31. The number of aromatic nitrogens is 1. The first kappa shape index (κ1) is 12.2. The Morgan fingerprint density at radius 2 is 1.95 bits per heavy atom. The number of likely N-dealkylation sites (N-methyl/N-ethyl adjacent to an activating group) is 1. The van der Waals surface area contributed by atoms with E-state index in [4.69, 9.17) is 4.74 Å². The number of nitrogens with one attached hydrogen (secondary N) is 1. The third-order valence-electron chi connectivity index (χ3n) is 3.72. The average molecular weight is 254 g/mol. The molecule has 3 heteroatoms. The molecule has 1 heterocycles. The van der Waals surface area contributed by atoms with Crippen molar-refractivity contribution in [1.82, 2.24) is 10.3 Å². The summed E-state index contributed by atoms with van der Waals surface area (Å²) in [6, 6.07) is 12.3. The molecule has 0 radical (unpaired) electrons. The van der Waals surface area contributed by atoms with Crippen molar-refractivity contribution in [2.24, 2.45) is 0 Å². The highest BCUT2D eigenvalue weighted by atomic mass is 16.5. The van der Waals surface area contributed by atoms with Crippen LogP contribution in [-0.4, -0.2) is 24.2 Å². The standard InChI is InChI=1S/C16H18N2O/c1-17-16(7-8-16)12-19-15-9-14(10-18-11-15)13-5-3-2-4-6-13/h2-6,9-11,17H,7-8,12H2,1H3. The zero-order chi connectivity index (χ0) is 13.1. The predicted molar refractivity (Wildman–Crippen MR) is 76.2 cm³/mol. The van der Waals surface area contributed by atoms with Gasteiger partial charge in [-0.05, 0) is 31.5 Å². The van der Waals surface area contributed by atoms with Crippen LogP contribution in [0.3, 0.4) is 0 Å². The molecule has 1 N–H and O–H groups in total. The fraction of sp³-hybridized carbons (Fsp3) is 0.312. The molecule has 1 aromatic carbocycles. The number of rotatable bonds is 5. The van der Waals surface area contributed by atoms with E-state index in [1.165, 1.54) is 12.8 Å². The summed E-state index contributed by atoms with van der Waals surface area (Å²) in [5.41, 5.74) is 2.45. The fourth-order valence-electron chi connectivity index (χ4n) is 2.13. The summed E-state index contributed by atoms with van der Waals surface area (Å²) >= 11 is 0. The minimum absolute atomic E-state index is 0.197. The molecule has 0 saturated heterocycles. The van der Waals surface area contributed by atoms with Gasteiger partial charge in [0.15, 0.2) is 0 Å². The highest BCUT2D eigenvalue weighted by Crippen LogP contribution is 2.35. The fourth-order valence-corrected chi connectivity index (χ4v) is 2.13. The largest absolute Gasteiger partial charge is 0.490 e. The second kappa shape index (κ2) is 5.02. The maximum absolute atomic E-state index is 5.86. The lowest BCUT2D eigenvalue weighted by atomic mass is 10.1. The Morgan fingerprint density at radius 1 is 1.16 bits per heavy atom. The summed E-state index contributed by atoms with van der Waals surface area (Å²) in [5, 5.41) is 3.32. The number of hydrogen-bond acceptors (Lipinski definition) is 3. The van der Waals surface area contributed by atoms with Crippen LogP contribution in [0.1, 0.15) is 12.8 Å². The van der Waals surface area contributed by atoms with Crippen molar-refractivity contribution in [2.45, 2.75) is 18.4 Å². The number of benzene rings is 1. The van der Waals surface area contributed by atoms with Crippen LogP contribution in [-0.2, 0) is 0 Å². The van der Waals surface area contributed by atoms with Crippen molar-refractivity contribution in [2.75, 3.05) is 13.7 Å². The second-order valence-corrected chi connectivity index (χ2v) is 5.09. The summed E-state index contributed by atoms with van der Waals surface area (Å²) in [4.78, 5) is 4.26. The van der Waals surface area contributed by atoms with Crippen LogP contribution in [0, 0.1) is 0 Å². The monoisotopic (exact) mass is 254 g/mol. The van der Waals surface area contributed by atoms with Crippen LogP contribution in [0.4, 0.5) is 0 Å². The van der Waals surface area contributed by atoms with E-state index in [1.807, 2.05) is 37.5 Å². The molecule has 0 unspecified atom stereocenters. The average Bonchev–Trinajstić information content (AvgIpc) is 3.27. The number of pyridine rings is 1. The summed E-state index contributed by atoms with van der Waals surface area (Å²) in [6.45, 7) is 0.712. The van der Waals surface area contributed by atoms with E-state index in [0.29, 0.717) is 6.61 Å². The van der Waals surface area contributed by atoms with Crippen molar-refractivity contribution in [3.05, 3.63) is 48.8 Å². The molecule has 0 bridgehead atoms. The minimum Gasteiger partial charge on any atom is -0.490 e. The van der Waals surface area contributed by atoms with E-state index in [-0.39, 0.29) is 5.54 Å². The number of hydrogen-bond donors (Lipinski definition) is 1. The SMILES string of the molecule is CNC1(COc2cncc(-c3ccccc3)c2)CC1. The molecule has 0 amide bonds. The van der Waals surface area contributed by atoms with Crippen molar-refractivity contribution in [1.29, 1.82) is 0 Å². The Kier molecular flexibility index (Phi) is 3.22. The Labute approximate surface area is 113 Å². The Hall–Kier alpha value is -1.87. The van der Waals surface area contributed by atoms with Gasteiger partial charge in [0.05, 0.1) is 11.7 Å². The molecule has 3 nitrogen and oxygen atoms in total. The highest BCUT2D eigenvalue weighted by molar-refractivity contribution is 5.63. The molecule has 1 aliphatic rings. The van der Waals surface area contributed by atoms with Gasteiger partial charge >= 0.3 is 0 Å². The number of ether oxygens (including phenoxy) is 1. The topological polar surface area (TPSA) is 34.1 Å². The van der Waals surface area contributed by atoms with Crippen LogP contribution >= 0.6 is 0 Å². The molecular weight excluding hydrogens is 236 g/mol. The normalized spacial score (nSPS) is 16.1. The zero-order valence-corrected chi connectivity index (χ0v) is 11.1. The van der Waals surface area contributed by atoms with Crippen LogP contribution < -0.4 is 10.1 Å². The summed E-state index contributed by atoms with van der Waals surface area (Å²) < 4.78 is 5.86. The minimum atomic E-state index is 0.197. The van der Waals surface area contributed by atoms with E-state index in [9.17, 15) is 0 Å². The zero-order valence-electron chi connectivity index (χ0n) is 11.1. The predicted octanol–water partition coefficient (Wildman–Crippen LogP) is 2.88. The first-order valence-electron chi connectivity index (χ1n) is 6.64. The molecule has 0 aliphatic heterocycles. The maximum Gasteiger partial charge on any atom is 0.138 e. The lowest BCUT2D eigenvalue weighted by molar-refractivity contribution is 0.259. The first-order valence-corrected chi connectivity index (χ1v) is 6.64. The van der Waals surface area contributed by atoms with Gasteiger partial charge in [0.1, 0.15) is 12.4 Å². The van der Waals surface area contributed by atoms with Crippen LogP contribution in [0.15, 0.2) is 48.8 Å². The highest BCUT2D eigenvalue weighted by Gasteiger charge is 2.41. The van der Waals surface area contributed by atoms with Crippen molar-refractivity contribution in [3.8, 4) is 16.9 Å². The van der Waals surface area contributed by atoms with E-state index in [0.717, 1.165) is 16.9 Å². The molecule has 1 aromatic heterocycles.